The SMILES string of the molecule is C/C(=N\NC(=O)c1csc(N2CCOCC2)n1)c1ccc(-c2ccccc2)cc1. The number of benzene rings is 2. The number of amides is 1. The molecule has 148 valence electrons. The van der Waals surface area contributed by atoms with Gasteiger partial charge < -0.3 is 9.64 Å². The fourth-order valence-corrected chi connectivity index (χ4v) is 3.92. The summed E-state index contributed by atoms with van der Waals surface area (Å²) in [5, 5.41) is 6.85. The van der Waals surface area contributed by atoms with Crippen LogP contribution in [0.2, 0.25) is 0 Å². The molecule has 29 heavy (non-hydrogen) atoms. The van der Waals surface area contributed by atoms with Gasteiger partial charge in [0.25, 0.3) is 5.91 Å². The number of carbonyl (C=O) groups excluding carboxylic acids is 1. The molecule has 0 atom stereocenters. The van der Waals surface area contributed by atoms with Gasteiger partial charge in [-0.2, -0.15) is 5.10 Å². The summed E-state index contributed by atoms with van der Waals surface area (Å²) in [6, 6.07) is 18.3. The molecule has 4 rings (SSSR count). The van der Waals surface area contributed by atoms with Gasteiger partial charge in [-0.05, 0) is 23.6 Å². The third-order valence-corrected chi connectivity index (χ3v) is 5.64. The number of nitrogens with zero attached hydrogens (tertiary/aromatic N) is 3. The first-order chi connectivity index (χ1) is 14.2. The normalized spacial score (nSPS) is 14.7. The Kier molecular flexibility index (Phi) is 5.97. The molecular formula is C22H22N4O2S. The molecule has 2 heterocycles. The lowest BCUT2D eigenvalue weighted by Crippen LogP contribution is -2.36. The number of morpholine rings is 1. The average molecular weight is 407 g/mol. The second-order valence-corrected chi connectivity index (χ2v) is 7.53. The number of carbonyl (C=O) groups is 1. The van der Waals surface area contributed by atoms with Crippen LogP contribution in [-0.4, -0.2) is 42.9 Å². The molecule has 0 unspecified atom stereocenters. The molecule has 2 aromatic carbocycles. The molecule has 0 bridgehead atoms. The Morgan fingerprint density at radius 1 is 1.07 bits per heavy atom. The summed E-state index contributed by atoms with van der Waals surface area (Å²) in [4.78, 5) is 19.0. The minimum Gasteiger partial charge on any atom is -0.378 e. The standard InChI is InChI=1S/C22H22N4O2S/c1-16(17-7-9-19(10-8-17)18-5-3-2-4-6-18)24-25-21(27)20-15-29-22(23-20)26-11-13-28-14-12-26/h2-10,15H,11-14H2,1H3,(H,25,27)/b24-16+. The predicted molar refractivity (Wildman–Crippen MR) is 117 cm³/mol. The van der Waals surface area contributed by atoms with Crippen molar-refractivity contribution >= 4 is 28.1 Å². The maximum atomic E-state index is 12.4. The van der Waals surface area contributed by atoms with Crippen molar-refractivity contribution in [3.8, 4) is 11.1 Å². The number of hydrazone groups is 1. The molecule has 0 spiro atoms. The first-order valence-corrected chi connectivity index (χ1v) is 10.4. The lowest BCUT2D eigenvalue weighted by Gasteiger charge is -2.25. The Morgan fingerprint density at radius 2 is 1.76 bits per heavy atom. The summed E-state index contributed by atoms with van der Waals surface area (Å²) in [5.41, 5.74) is 7.00. The van der Waals surface area contributed by atoms with Gasteiger partial charge in [0.15, 0.2) is 5.13 Å². The third kappa shape index (κ3) is 4.70. The number of anilines is 1. The van der Waals surface area contributed by atoms with Gasteiger partial charge in [-0.25, -0.2) is 10.4 Å². The van der Waals surface area contributed by atoms with Crippen LogP contribution in [0.3, 0.4) is 0 Å². The van der Waals surface area contributed by atoms with E-state index in [-0.39, 0.29) is 5.91 Å². The number of aromatic nitrogens is 1. The molecule has 1 aliphatic heterocycles. The summed E-state index contributed by atoms with van der Waals surface area (Å²) in [7, 11) is 0. The Labute approximate surface area is 173 Å². The maximum absolute atomic E-state index is 12.4. The second kappa shape index (κ2) is 8.98. The van der Waals surface area contributed by atoms with E-state index >= 15 is 0 Å². The highest BCUT2D eigenvalue weighted by Gasteiger charge is 2.17. The molecule has 0 saturated carbocycles. The highest BCUT2D eigenvalue weighted by atomic mass is 32.1. The number of nitrogens with one attached hydrogen (secondary N) is 1. The molecule has 0 radical (unpaired) electrons. The van der Waals surface area contributed by atoms with E-state index in [0.717, 1.165) is 35.1 Å². The molecule has 6 nitrogen and oxygen atoms in total. The van der Waals surface area contributed by atoms with Crippen LogP contribution in [0.1, 0.15) is 23.0 Å². The van der Waals surface area contributed by atoms with Crippen LogP contribution in [0, 0.1) is 0 Å². The molecule has 1 aliphatic rings. The van der Waals surface area contributed by atoms with Crippen LogP contribution in [-0.2, 0) is 4.74 Å². The van der Waals surface area contributed by atoms with Crippen molar-refractivity contribution in [3.05, 3.63) is 71.2 Å². The van der Waals surface area contributed by atoms with E-state index in [0.29, 0.717) is 18.9 Å². The van der Waals surface area contributed by atoms with Gasteiger partial charge >= 0.3 is 0 Å². The smallest absolute Gasteiger partial charge is 0.290 e. The Balaban J connectivity index is 1.39. The first-order valence-electron chi connectivity index (χ1n) is 9.49. The Bertz CT molecular complexity index is 993. The molecule has 1 aromatic heterocycles. The highest BCUT2D eigenvalue weighted by Crippen LogP contribution is 2.22. The van der Waals surface area contributed by atoms with Gasteiger partial charge in [0.05, 0.1) is 18.9 Å². The number of hydrogen-bond acceptors (Lipinski definition) is 6. The zero-order chi connectivity index (χ0) is 20.1. The Hall–Kier alpha value is -3.03. The highest BCUT2D eigenvalue weighted by molar-refractivity contribution is 7.13. The van der Waals surface area contributed by atoms with Gasteiger partial charge in [0.2, 0.25) is 0 Å². The zero-order valence-corrected chi connectivity index (χ0v) is 17.0. The molecule has 3 aromatic rings. The van der Waals surface area contributed by atoms with Crippen molar-refractivity contribution in [3.63, 3.8) is 0 Å². The van der Waals surface area contributed by atoms with Crippen LogP contribution in [0.15, 0.2) is 65.1 Å². The number of thiazole rings is 1. The van der Waals surface area contributed by atoms with E-state index in [1.165, 1.54) is 16.9 Å². The maximum Gasteiger partial charge on any atom is 0.290 e. The summed E-state index contributed by atoms with van der Waals surface area (Å²) >= 11 is 1.46. The van der Waals surface area contributed by atoms with Crippen molar-refractivity contribution in [2.45, 2.75) is 6.92 Å². The summed E-state index contributed by atoms with van der Waals surface area (Å²) in [5.74, 6) is -0.305. The van der Waals surface area contributed by atoms with Crippen molar-refractivity contribution in [2.24, 2.45) is 5.10 Å². The van der Waals surface area contributed by atoms with Gasteiger partial charge in [-0.15, -0.1) is 11.3 Å². The molecular weight excluding hydrogens is 384 g/mol. The zero-order valence-electron chi connectivity index (χ0n) is 16.2. The molecule has 7 heteroatoms. The van der Waals surface area contributed by atoms with E-state index in [1.54, 1.807) is 5.38 Å². The predicted octanol–water partition coefficient (Wildman–Crippen LogP) is 3.80. The fraction of sp³-hybridized carbons (Fsp3) is 0.227. The van der Waals surface area contributed by atoms with E-state index in [9.17, 15) is 4.79 Å². The number of ether oxygens (including phenoxy) is 1. The van der Waals surface area contributed by atoms with Crippen molar-refractivity contribution in [1.82, 2.24) is 10.4 Å². The lowest BCUT2D eigenvalue weighted by atomic mass is 10.0. The van der Waals surface area contributed by atoms with Crippen molar-refractivity contribution in [1.29, 1.82) is 0 Å². The largest absolute Gasteiger partial charge is 0.378 e. The van der Waals surface area contributed by atoms with Crippen molar-refractivity contribution < 1.29 is 9.53 Å². The summed E-state index contributed by atoms with van der Waals surface area (Å²) in [6.45, 7) is 4.84. The van der Waals surface area contributed by atoms with Gasteiger partial charge in [-0.1, -0.05) is 54.6 Å². The fourth-order valence-electron chi connectivity index (χ4n) is 3.06. The van der Waals surface area contributed by atoms with Gasteiger partial charge in [0.1, 0.15) is 5.69 Å². The van der Waals surface area contributed by atoms with Crippen LogP contribution >= 0.6 is 11.3 Å². The van der Waals surface area contributed by atoms with E-state index in [1.807, 2.05) is 37.3 Å². The lowest BCUT2D eigenvalue weighted by molar-refractivity contribution is 0.0950. The molecule has 1 saturated heterocycles. The van der Waals surface area contributed by atoms with Crippen LogP contribution in [0.25, 0.3) is 11.1 Å². The number of rotatable bonds is 5. The molecule has 1 N–H and O–H groups in total. The minimum absolute atomic E-state index is 0.305. The van der Waals surface area contributed by atoms with Crippen LogP contribution in [0.4, 0.5) is 5.13 Å². The third-order valence-electron chi connectivity index (χ3n) is 4.74. The summed E-state index contributed by atoms with van der Waals surface area (Å²) in [6.07, 6.45) is 0. The van der Waals surface area contributed by atoms with E-state index < -0.39 is 0 Å². The van der Waals surface area contributed by atoms with Crippen LogP contribution in [0.5, 0.6) is 0 Å². The van der Waals surface area contributed by atoms with E-state index in [4.69, 9.17) is 4.74 Å². The quantitative estimate of drug-likeness (QED) is 0.517. The number of hydrogen-bond donors (Lipinski definition) is 1. The first kappa shape index (κ1) is 19.3. The molecule has 1 amide bonds. The van der Waals surface area contributed by atoms with E-state index in [2.05, 4.69) is 44.7 Å². The monoisotopic (exact) mass is 406 g/mol. The topological polar surface area (TPSA) is 66.8 Å². The van der Waals surface area contributed by atoms with Gasteiger partial charge in [-0.3, -0.25) is 4.79 Å². The summed E-state index contributed by atoms with van der Waals surface area (Å²) < 4.78 is 5.35. The van der Waals surface area contributed by atoms with Crippen LogP contribution < -0.4 is 10.3 Å². The molecule has 1 fully saturated rings. The second-order valence-electron chi connectivity index (χ2n) is 6.70. The molecule has 0 aliphatic carbocycles. The minimum atomic E-state index is -0.305. The average Bonchev–Trinajstić information content (AvgIpc) is 3.29. The van der Waals surface area contributed by atoms with Gasteiger partial charge in [0, 0.05) is 18.5 Å². The van der Waals surface area contributed by atoms with Crippen molar-refractivity contribution in [2.75, 3.05) is 31.2 Å². The Morgan fingerprint density at radius 3 is 2.48 bits per heavy atom.